The van der Waals surface area contributed by atoms with Crippen LogP contribution in [0, 0.1) is 0 Å². The Morgan fingerprint density at radius 1 is 1.11 bits per heavy atom. The van der Waals surface area contributed by atoms with Crippen molar-refractivity contribution in [3.8, 4) is 11.3 Å². The summed E-state index contributed by atoms with van der Waals surface area (Å²) >= 11 is 6.91. The maximum atomic E-state index is 14.4. The number of nitrogens with zero attached hydrogens (tertiary/aromatic N) is 2. The summed E-state index contributed by atoms with van der Waals surface area (Å²) in [4.78, 5) is 17.8. The quantitative estimate of drug-likeness (QED) is 0.179. The Balaban J connectivity index is 1.39. The zero-order valence-electron chi connectivity index (χ0n) is 23.1. The number of alkyl halides is 5. The van der Waals surface area contributed by atoms with E-state index in [-0.39, 0.29) is 16.8 Å². The highest BCUT2D eigenvalue weighted by Gasteiger charge is 2.50. The van der Waals surface area contributed by atoms with Crippen molar-refractivity contribution in [2.45, 2.75) is 48.3 Å². The highest BCUT2D eigenvalue weighted by Crippen LogP contribution is 2.37. The van der Waals surface area contributed by atoms with Crippen LogP contribution in [0.4, 0.5) is 27.8 Å². The molecule has 1 aliphatic rings. The third-order valence-electron chi connectivity index (χ3n) is 6.99. The van der Waals surface area contributed by atoms with E-state index in [9.17, 15) is 31.0 Å². The summed E-state index contributed by atoms with van der Waals surface area (Å²) in [5, 5.41) is 5.94. The van der Waals surface area contributed by atoms with E-state index in [1.165, 1.54) is 24.3 Å². The molecule has 3 unspecified atom stereocenters. The second-order valence-electron chi connectivity index (χ2n) is 10.3. The van der Waals surface area contributed by atoms with Gasteiger partial charge < -0.3 is 10.6 Å². The number of nitrogens with one attached hydrogen (secondary N) is 2. The number of hydrogen-bond acceptors (Lipinski definition) is 5. The number of anilines is 1. The zero-order chi connectivity index (χ0) is 31.6. The Morgan fingerprint density at radius 2 is 1.82 bits per heavy atom. The van der Waals surface area contributed by atoms with Crippen LogP contribution in [0.25, 0.3) is 11.3 Å². The summed E-state index contributed by atoms with van der Waals surface area (Å²) in [5.41, 5.74) is 1.44. The molecule has 1 amide bonds. The molecule has 2 aromatic heterocycles. The van der Waals surface area contributed by atoms with Crippen LogP contribution >= 0.6 is 22.9 Å². The molecule has 1 saturated heterocycles. The van der Waals surface area contributed by atoms with Crippen molar-refractivity contribution in [3.05, 3.63) is 99.9 Å². The predicted molar refractivity (Wildman–Crippen MR) is 161 cm³/mol. The smallest absolute Gasteiger partial charge is 0.364 e. The van der Waals surface area contributed by atoms with Crippen LogP contribution < -0.4 is 10.6 Å². The van der Waals surface area contributed by atoms with E-state index in [1.54, 1.807) is 12.1 Å². The fourth-order valence-electron chi connectivity index (χ4n) is 4.79. The van der Waals surface area contributed by atoms with E-state index >= 15 is 0 Å². The molecule has 1 aliphatic heterocycles. The van der Waals surface area contributed by atoms with Crippen molar-refractivity contribution in [1.82, 2.24) is 14.6 Å². The van der Waals surface area contributed by atoms with Gasteiger partial charge in [0.25, 0.3) is 5.92 Å². The number of carbonyl (C=O) groups is 1. The maximum Gasteiger partial charge on any atom is 0.416 e. The molecule has 2 aromatic carbocycles. The Hall–Kier alpha value is -3.39. The van der Waals surface area contributed by atoms with Gasteiger partial charge in [-0.2, -0.15) is 13.2 Å². The molecular weight excluding hydrogens is 643 g/mol. The first-order chi connectivity index (χ1) is 20.8. The number of aromatic nitrogens is 1. The molecule has 0 bridgehead atoms. The number of halogens is 6. The molecule has 5 rings (SSSR count). The molecule has 0 radical (unpaired) electrons. The number of carbonyl (C=O) groups excluding carboxylic acids is 1. The van der Waals surface area contributed by atoms with Crippen LogP contribution in [0.3, 0.4) is 0 Å². The Kier molecular flexibility index (Phi) is 9.40. The first-order valence-electron chi connectivity index (χ1n) is 13.4. The summed E-state index contributed by atoms with van der Waals surface area (Å²) < 4.78 is 82.9. The molecule has 3 heterocycles. The molecule has 0 spiro atoms. The second-order valence-corrected chi connectivity index (χ2v) is 13.7. The predicted octanol–water partition coefficient (Wildman–Crippen LogP) is 7.70. The number of amides is 1. The van der Waals surface area contributed by atoms with Gasteiger partial charge in [-0.15, -0.1) is 11.3 Å². The van der Waals surface area contributed by atoms with Gasteiger partial charge in [-0.1, -0.05) is 54.1 Å². The van der Waals surface area contributed by atoms with Gasteiger partial charge in [0.1, 0.15) is 27.1 Å². The highest BCUT2D eigenvalue weighted by atomic mass is 35.5. The highest BCUT2D eigenvalue weighted by molar-refractivity contribution is 7.85. The van der Waals surface area contributed by atoms with Crippen molar-refractivity contribution in [2.24, 2.45) is 0 Å². The lowest BCUT2D eigenvalue weighted by Gasteiger charge is -2.21. The topological polar surface area (TPSA) is 74.3 Å². The lowest BCUT2D eigenvalue weighted by Crippen LogP contribution is -2.43. The number of hydrogen-bond donors (Lipinski definition) is 2. The van der Waals surface area contributed by atoms with Gasteiger partial charge in [-0.3, -0.25) is 4.79 Å². The molecule has 0 aliphatic carbocycles. The summed E-state index contributed by atoms with van der Waals surface area (Å²) in [6.07, 6.45) is -5.31. The van der Waals surface area contributed by atoms with Gasteiger partial charge in [0, 0.05) is 24.6 Å². The SMILES string of the molecule is CC(Nc1cc(CNC(=O)C2CC(F)(F)CN2S(=O)c2ccc(Cl)s2)cc(-c2ccc(C(F)(F)F)cc2)n1)c1ccccc1. The first kappa shape index (κ1) is 32.0. The maximum absolute atomic E-state index is 14.4. The molecule has 3 atom stereocenters. The first-order valence-corrected chi connectivity index (χ1v) is 15.7. The standard InChI is InChI=1S/C30H26ClF5N4O2S2/c1-18(20-5-3-2-4-6-20)38-26-14-19(13-23(39-26)21-7-9-22(10-8-21)30(34,35)36)16-37-28(41)24-15-29(32,33)17-40(24)44(42)27-12-11-25(31)43-27/h2-14,18,24H,15-17H2,1H3,(H,37,41)(H,38,39). The van der Waals surface area contributed by atoms with Crippen LogP contribution in [0.5, 0.6) is 0 Å². The minimum atomic E-state index is -4.50. The summed E-state index contributed by atoms with van der Waals surface area (Å²) in [7, 11) is -2.02. The van der Waals surface area contributed by atoms with Crippen LogP contribution in [-0.2, 0) is 28.5 Å². The van der Waals surface area contributed by atoms with Gasteiger partial charge in [0.15, 0.2) is 0 Å². The molecule has 44 heavy (non-hydrogen) atoms. The van der Waals surface area contributed by atoms with Crippen LogP contribution in [0.2, 0.25) is 4.34 Å². The molecule has 0 saturated carbocycles. The fourth-order valence-corrected chi connectivity index (χ4v) is 7.67. The number of thiophene rings is 1. The van der Waals surface area contributed by atoms with Gasteiger partial charge in [-0.25, -0.2) is 22.3 Å². The van der Waals surface area contributed by atoms with Crippen molar-refractivity contribution in [3.63, 3.8) is 0 Å². The van der Waals surface area contributed by atoms with Gasteiger partial charge in [0.2, 0.25) is 5.91 Å². The molecular formula is C30H26ClF5N4O2S2. The lowest BCUT2D eigenvalue weighted by molar-refractivity contribution is -0.137. The Labute approximate surface area is 261 Å². The Morgan fingerprint density at radius 3 is 2.45 bits per heavy atom. The van der Waals surface area contributed by atoms with Gasteiger partial charge in [-0.05, 0) is 54.4 Å². The molecule has 2 N–H and O–H groups in total. The largest absolute Gasteiger partial charge is 0.416 e. The molecule has 232 valence electrons. The van der Waals surface area contributed by atoms with Crippen LogP contribution in [0.1, 0.15) is 36.1 Å². The normalized spacial score (nSPS) is 18.1. The molecule has 1 fully saturated rings. The van der Waals surface area contributed by atoms with E-state index in [1.807, 2.05) is 37.3 Å². The monoisotopic (exact) mass is 668 g/mol. The van der Waals surface area contributed by atoms with Crippen molar-refractivity contribution < 1.29 is 31.0 Å². The molecule has 6 nitrogen and oxygen atoms in total. The van der Waals surface area contributed by atoms with E-state index in [4.69, 9.17) is 11.6 Å². The summed E-state index contributed by atoms with van der Waals surface area (Å²) in [6.45, 7) is 0.960. The third kappa shape index (κ3) is 7.63. The minimum absolute atomic E-state index is 0.100. The van der Waals surface area contributed by atoms with Gasteiger partial charge >= 0.3 is 6.18 Å². The van der Waals surface area contributed by atoms with Crippen LogP contribution in [0.15, 0.2) is 83.1 Å². The molecule has 4 aromatic rings. The van der Waals surface area contributed by atoms with Crippen molar-refractivity contribution >= 4 is 45.6 Å². The number of pyridine rings is 1. The number of benzene rings is 2. The second kappa shape index (κ2) is 12.9. The zero-order valence-corrected chi connectivity index (χ0v) is 25.5. The summed E-state index contributed by atoms with van der Waals surface area (Å²) in [6, 6.07) is 18.7. The Bertz CT molecular complexity index is 1650. The number of rotatable bonds is 9. The van der Waals surface area contributed by atoms with E-state index in [0.29, 0.717) is 27.0 Å². The lowest BCUT2D eigenvalue weighted by atomic mass is 10.1. The van der Waals surface area contributed by atoms with Crippen molar-refractivity contribution in [2.75, 3.05) is 11.9 Å². The van der Waals surface area contributed by atoms with E-state index < -0.39 is 53.6 Å². The third-order valence-corrected chi connectivity index (χ3v) is 9.98. The van der Waals surface area contributed by atoms with E-state index in [2.05, 4.69) is 15.6 Å². The average molecular weight is 669 g/mol. The molecule has 14 heteroatoms. The fraction of sp³-hybridized carbons (Fsp3) is 0.267. The van der Waals surface area contributed by atoms with Crippen LogP contribution in [-0.4, -0.2) is 37.9 Å². The summed E-state index contributed by atoms with van der Waals surface area (Å²) in [5.74, 6) is -3.57. The van der Waals surface area contributed by atoms with Crippen molar-refractivity contribution in [1.29, 1.82) is 0 Å². The average Bonchev–Trinajstić information content (AvgIpc) is 3.57. The minimum Gasteiger partial charge on any atom is -0.364 e. The van der Waals surface area contributed by atoms with Gasteiger partial charge in [0.05, 0.1) is 22.1 Å². The van der Waals surface area contributed by atoms with E-state index in [0.717, 1.165) is 33.3 Å².